The van der Waals surface area contributed by atoms with Crippen molar-refractivity contribution in [1.29, 1.82) is 0 Å². The van der Waals surface area contributed by atoms with Crippen LogP contribution in [0.3, 0.4) is 0 Å². The highest BCUT2D eigenvalue weighted by atomic mass is 35.5. The van der Waals surface area contributed by atoms with Gasteiger partial charge in [-0.3, -0.25) is 0 Å². The minimum Gasteiger partial charge on any atom is -0.320 e. The van der Waals surface area contributed by atoms with E-state index in [4.69, 9.17) is 40.5 Å². The molecule has 0 aliphatic rings. The van der Waals surface area contributed by atoms with Crippen LogP contribution in [0.25, 0.3) is 0 Å². The molecule has 0 fully saturated rings. The first-order valence-electron chi connectivity index (χ1n) is 5.88. The Morgan fingerprint density at radius 3 is 2.21 bits per heavy atom. The van der Waals surface area contributed by atoms with E-state index in [0.29, 0.717) is 15.1 Å². The lowest BCUT2D eigenvalue weighted by Gasteiger charge is -2.18. The van der Waals surface area contributed by atoms with Crippen LogP contribution in [0, 0.1) is 13.8 Å². The fraction of sp³-hybridized carbons (Fsp3) is 0.200. The van der Waals surface area contributed by atoms with Crippen molar-refractivity contribution in [3.05, 3.63) is 67.7 Å². The number of benzene rings is 2. The van der Waals surface area contributed by atoms with E-state index < -0.39 is 6.04 Å². The molecule has 0 heterocycles. The van der Waals surface area contributed by atoms with E-state index in [9.17, 15) is 0 Å². The summed E-state index contributed by atoms with van der Waals surface area (Å²) in [6, 6.07) is 8.97. The third-order valence-corrected chi connectivity index (χ3v) is 4.43. The largest absolute Gasteiger partial charge is 0.320 e. The van der Waals surface area contributed by atoms with Gasteiger partial charge in [0.05, 0.1) is 16.1 Å². The Kier molecular flexibility index (Phi) is 4.42. The second-order valence-corrected chi connectivity index (χ2v) is 5.77. The standard InChI is InChI=1S/C15H14Cl3N/c1-8-6-11(13(17)7-9(8)2)15(19)10-4-3-5-12(16)14(10)18/h3-7,15H,19H2,1-2H3. The van der Waals surface area contributed by atoms with Gasteiger partial charge in [-0.25, -0.2) is 0 Å². The maximum absolute atomic E-state index is 6.28. The van der Waals surface area contributed by atoms with E-state index in [2.05, 4.69) is 0 Å². The van der Waals surface area contributed by atoms with Gasteiger partial charge < -0.3 is 5.73 Å². The van der Waals surface area contributed by atoms with Gasteiger partial charge in [-0.15, -0.1) is 0 Å². The van der Waals surface area contributed by atoms with Crippen molar-refractivity contribution in [1.82, 2.24) is 0 Å². The van der Waals surface area contributed by atoms with Gasteiger partial charge in [0, 0.05) is 5.02 Å². The average molecular weight is 315 g/mol. The summed E-state index contributed by atoms with van der Waals surface area (Å²) in [5.41, 5.74) is 10.2. The molecule has 1 nitrogen and oxygen atoms in total. The van der Waals surface area contributed by atoms with Crippen LogP contribution in [0.15, 0.2) is 30.3 Å². The highest BCUT2D eigenvalue weighted by molar-refractivity contribution is 6.42. The highest BCUT2D eigenvalue weighted by Crippen LogP contribution is 2.35. The summed E-state index contributed by atoms with van der Waals surface area (Å²) in [4.78, 5) is 0. The van der Waals surface area contributed by atoms with Gasteiger partial charge >= 0.3 is 0 Å². The molecule has 1 atom stereocenters. The Morgan fingerprint density at radius 1 is 0.895 bits per heavy atom. The van der Waals surface area contributed by atoms with Gasteiger partial charge in [-0.05, 0) is 48.2 Å². The molecule has 0 bridgehead atoms. The van der Waals surface area contributed by atoms with E-state index in [1.165, 1.54) is 0 Å². The molecule has 0 saturated heterocycles. The third-order valence-electron chi connectivity index (χ3n) is 3.26. The molecule has 2 aromatic rings. The van der Waals surface area contributed by atoms with Gasteiger partial charge in [0.15, 0.2) is 0 Å². The minimum atomic E-state index is -0.391. The van der Waals surface area contributed by atoms with Gasteiger partial charge in [-0.1, -0.05) is 53.0 Å². The van der Waals surface area contributed by atoms with Crippen LogP contribution in [0.2, 0.25) is 15.1 Å². The molecule has 2 aromatic carbocycles. The summed E-state index contributed by atoms with van der Waals surface area (Å²) in [7, 11) is 0. The van der Waals surface area contributed by atoms with Crippen molar-refractivity contribution in [3.8, 4) is 0 Å². The van der Waals surface area contributed by atoms with Crippen LogP contribution >= 0.6 is 34.8 Å². The predicted molar refractivity (Wildman–Crippen MR) is 83.4 cm³/mol. The molecule has 19 heavy (non-hydrogen) atoms. The van der Waals surface area contributed by atoms with Crippen molar-refractivity contribution >= 4 is 34.8 Å². The summed E-state index contributed by atoms with van der Waals surface area (Å²) in [6.45, 7) is 4.05. The quantitative estimate of drug-likeness (QED) is 0.798. The monoisotopic (exact) mass is 313 g/mol. The second-order valence-electron chi connectivity index (χ2n) is 4.58. The van der Waals surface area contributed by atoms with E-state index in [1.54, 1.807) is 6.07 Å². The van der Waals surface area contributed by atoms with Crippen LogP contribution in [0.4, 0.5) is 0 Å². The third kappa shape index (κ3) is 2.90. The first-order valence-corrected chi connectivity index (χ1v) is 7.01. The molecule has 0 aliphatic heterocycles. The minimum absolute atomic E-state index is 0.391. The normalized spacial score (nSPS) is 12.5. The molecule has 0 amide bonds. The summed E-state index contributed by atoms with van der Waals surface area (Å²) in [5, 5.41) is 1.62. The second kappa shape index (κ2) is 5.72. The lowest BCUT2D eigenvalue weighted by atomic mass is 9.96. The Labute approximate surface area is 128 Å². The fourth-order valence-corrected chi connectivity index (χ4v) is 2.73. The molecular weight excluding hydrogens is 301 g/mol. The van der Waals surface area contributed by atoms with Gasteiger partial charge in [0.25, 0.3) is 0 Å². The Hall–Kier alpha value is -0.730. The molecule has 0 aliphatic carbocycles. The van der Waals surface area contributed by atoms with Crippen molar-refractivity contribution in [2.45, 2.75) is 19.9 Å². The van der Waals surface area contributed by atoms with Gasteiger partial charge in [0.2, 0.25) is 0 Å². The lowest BCUT2D eigenvalue weighted by molar-refractivity contribution is 0.869. The maximum Gasteiger partial charge on any atom is 0.0643 e. The van der Waals surface area contributed by atoms with Crippen molar-refractivity contribution in [3.63, 3.8) is 0 Å². The molecule has 2 N–H and O–H groups in total. The summed E-state index contributed by atoms with van der Waals surface area (Å²) in [6.07, 6.45) is 0. The Balaban J connectivity index is 2.53. The Morgan fingerprint density at radius 2 is 1.53 bits per heavy atom. The number of halogens is 3. The number of rotatable bonds is 2. The van der Waals surface area contributed by atoms with Crippen molar-refractivity contribution in [2.75, 3.05) is 0 Å². The van der Waals surface area contributed by atoms with Crippen LogP contribution in [-0.2, 0) is 0 Å². The molecule has 0 spiro atoms. The predicted octanol–water partition coefficient (Wildman–Crippen LogP) is 5.31. The zero-order chi connectivity index (χ0) is 14.2. The van der Waals surface area contributed by atoms with Crippen LogP contribution in [-0.4, -0.2) is 0 Å². The Bertz CT molecular complexity index is 623. The average Bonchev–Trinajstić information content (AvgIpc) is 2.36. The lowest BCUT2D eigenvalue weighted by Crippen LogP contribution is -2.13. The van der Waals surface area contributed by atoms with E-state index in [0.717, 1.165) is 22.3 Å². The highest BCUT2D eigenvalue weighted by Gasteiger charge is 2.17. The van der Waals surface area contributed by atoms with Gasteiger partial charge in [-0.2, -0.15) is 0 Å². The van der Waals surface area contributed by atoms with Crippen LogP contribution < -0.4 is 5.73 Å². The maximum atomic E-state index is 6.28. The number of nitrogens with two attached hydrogens (primary N) is 1. The molecule has 0 radical (unpaired) electrons. The first kappa shape index (κ1) is 14.7. The van der Waals surface area contributed by atoms with Crippen LogP contribution in [0.1, 0.15) is 28.3 Å². The van der Waals surface area contributed by atoms with E-state index in [-0.39, 0.29) is 0 Å². The smallest absolute Gasteiger partial charge is 0.0643 e. The first-order chi connectivity index (χ1) is 8.91. The topological polar surface area (TPSA) is 26.0 Å². The zero-order valence-electron chi connectivity index (χ0n) is 10.7. The zero-order valence-corrected chi connectivity index (χ0v) is 12.9. The van der Waals surface area contributed by atoms with Crippen molar-refractivity contribution < 1.29 is 0 Å². The fourth-order valence-electron chi connectivity index (χ4n) is 1.97. The van der Waals surface area contributed by atoms with E-state index in [1.807, 2.05) is 38.1 Å². The molecule has 2 rings (SSSR count). The molecule has 1 unspecified atom stereocenters. The molecule has 0 saturated carbocycles. The molecular formula is C15H14Cl3N. The summed E-state index contributed by atoms with van der Waals surface area (Å²) >= 11 is 18.5. The molecule has 100 valence electrons. The number of aryl methyl sites for hydroxylation is 2. The summed E-state index contributed by atoms with van der Waals surface area (Å²) < 4.78 is 0. The SMILES string of the molecule is Cc1cc(Cl)c(C(N)c2cccc(Cl)c2Cl)cc1C. The van der Waals surface area contributed by atoms with Gasteiger partial charge in [0.1, 0.15) is 0 Å². The van der Waals surface area contributed by atoms with Crippen LogP contribution in [0.5, 0.6) is 0 Å². The van der Waals surface area contributed by atoms with Crippen molar-refractivity contribution in [2.24, 2.45) is 5.73 Å². The summed E-state index contributed by atoms with van der Waals surface area (Å²) in [5.74, 6) is 0. The molecule has 0 aromatic heterocycles. The number of hydrogen-bond donors (Lipinski definition) is 1. The number of hydrogen-bond acceptors (Lipinski definition) is 1. The van der Waals surface area contributed by atoms with E-state index >= 15 is 0 Å². The molecule has 4 heteroatoms.